The highest BCUT2D eigenvalue weighted by atomic mass is 79.9. The van der Waals surface area contributed by atoms with Crippen molar-refractivity contribution in [2.45, 2.75) is 6.61 Å². The number of rotatable bonds is 3. The maximum Gasteiger partial charge on any atom is 0.147 e. The van der Waals surface area contributed by atoms with E-state index in [0.29, 0.717) is 21.1 Å². The summed E-state index contributed by atoms with van der Waals surface area (Å²) in [6.45, 7) is 0.214. The van der Waals surface area contributed by atoms with E-state index in [1.54, 1.807) is 12.1 Å². The van der Waals surface area contributed by atoms with Crippen LogP contribution in [-0.4, -0.2) is 9.97 Å². The summed E-state index contributed by atoms with van der Waals surface area (Å²) in [5.74, 6) is 0.0622. The Balaban J connectivity index is 2.02. The van der Waals surface area contributed by atoms with Gasteiger partial charge in [-0.3, -0.25) is 4.98 Å². The third-order valence-electron chi connectivity index (χ3n) is 1.95. The van der Waals surface area contributed by atoms with E-state index in [1.807, 2.05) is 0 Å². The van der Waals surface area contributed by atoms with Crippen LogP contribution in [0.5, 0.6) is 5.75 Å². The highest BCUT2D eigenvalue weighted by Gasteiger charge is 2.02. The Morgan fingerprint density at radius 3 is 2.76 bits per heavy atom. The van der Waals surface area contributed by atoms with Crippen LogP contribution in [-0.2, 0) is 6.61 Å². The summed E-state index contributed by atoms with van der Waals surface area (Å²) in [5, 5.41) is 0.323. The molecule has 1 aromatic carbocycles. The fourth-order valence-corrected chi connectivity index (χ4v) is 1.48. The van der Waals surface area contributed by atoms with Crippen LogP contribution in [0.25, 0.3) is 0 Å². The molecule has 6 heteroatoms. The first kappa shape index (κ1) is 12.3. The second kappa shape index (κ2) is 5.42. The van der Waals surface area contributed by atoms with Crippen molar-refractivity contribution in [3.05, 3.63) is 51.7 Å². The Morgan fingerprint density at radius 1 is 1.29 bits per heavy atom. The molecule has 1 aromatic heterocycles. The van der Waals surface area contributed by atoms with E-state index in [1.165, 1.54) is 18.5 Å². The van der Waals surface area contributed by atoms with E-state index < -0.39 is 0 Å². The molecular formula is C11H7BrClFN2O. The second-order valence-corrected chi connectivity index (χ2v) is 4.44. The van der Waals surface area contributed by atoms with Crippen molar-refractivity contribution in [2.24, 2.45) is 0 Å². The van der Waals surface area contributed by atoms with E-state index in [4.69, 9.17) is 16.3 Å². The van der Waals surface area contributed by atoms with Gasteiger partial charge in [0.1, 0.15) is 23.3 Å². The van der Waals surface area contributed by atoms with Crippen LogP contribution in [0, 0.1) is 5.82 Å². The number of ether oxygens (including phenoxy) is 1. The molecule has 0 bridgehead atoms. The monoisotopic (exact) mass is 316 g/mol. The Hall–Kier alpha value is -1.20. The minimum Gasteiger partial charge on any atom is -0.487 e. The van der Waals surface area contributed by atoms with Gasteiger partial charge in [-0.05, 0) is 28.1 Å². The zero-order valence-corrected chi connectivity index (χ0v) is 10.9. The molecule has 0 aliphatic rings. The van der Waals surface area contributed by atoms with Crippen molar-refractivity contribution in [3.63, 3.8) is 0 Å². The van der Waals surface area contributed by atoms with Gasteiger partial charge >= 0.3 is 0 Å². The summed E-state index contributed by atoms with van der Waals surface area (Å²) >= 11 is 8.66. The number of aromatic nitrogens is 2. The van der Waals surface area contributed by atoms with Crippen molar-refractivity contribution < 1.29 is 9.13 Å². The minimum atomic E-state index is -0.371. The van der Waals surface area contributed by atoms with Crippen LogP contribution in [0.2, 0.25) is 5.15 Å². The molecule has 0 atom stereocenters. The average molecular weight is 318 g/mol. The van der Waals surface area contributed by atoms with E-state index >= 15 is 0 Å². The molecule has 0 aliphatic heterocycles. The summed E-state index contributed by atoms with van der Waals surface area (Å²) in [6, 6.07) is 4.54. The van der Waals surface area contributed by atoms with Gasteiger partial charge in [0.2, 0.25) is 0 Å². The van der Waals surface area contributed by atoms with Gasteiger partial charge in [-0.2, -0.15) is 0 Å². The number of hydrogen-bond donors (Lipinski definition) is 0. The van der Waals surface area contributed by atoms with Crippen LogP contribution in [0.4, 0.5) is 4.39 Å². The standard InChI is InChI=1S/C11H7BrClFN2O/c12-9-2-1-8(3-10(9)14)17-6-7-4-16-11(13)5-15-7/h1-5H,6H2. The smallest absolute Gasteiger partial charge is 0.147 e. The predicted octanol–water partition coefficient (Wildman–Crippen LogP) is 3.61. The molecule has 0 unspecified atom stereocenters. The van der Waals surface area contributed by atoms with Crippen molar-refractivity contribution in [1.82, 2.24) is 9.97 Å². The molecule has 0 saturated carbocycles. The van der Waals surface area contributed by atoms with E-state index in [2.05, 4.69) is 25.9 Å². The highest BCUT2D eigenvalue weighted by Crippen LogP contribution is 2.21. The molecule has 0 saturated heterocycles. The fraction of sp³-hybridized carbons (Fsp3) is 0.0909. The third kappa shape index (κ3) is 3.38. The maximum atomic E-state index is 13.2. The van der Waals surface area contributed by atoms with E-state index in [-0.39, 0.29) is 12.4 Å². The largest absolute Gasteiger partial charge is 0.487 e. The van der Waals surface area contributed by atoms with Crippen molar-refractivity contribution in [1.29, 1.82) is 0 Å². The lowest BCUT2D eigenvalue weighted by Gasteiger charge is -2.05. The molecule has 0 radical (unpaired) electrons. The molecule has 1 heterocycles. The van der Waals surface area contributed by atoms with Crippen LogP contribution in [0.1, 0.15) is 5.69 Å². The molecule has 2 rings (SSSR count). The molecule has 0 amide bonds. The fourth-order valence-electron chi connectivity index (χ4n) is 1.14. The first-order valence-electron chi connectivity index (χ1n) is 4.69. The summed E-state index contributed by atoms with van der Waals surface area (Å²) in [5.41, 5.74) is 0.623. The quantitative estimate of drug-likeness (QED) is 0.867. The van der Waals surface area contributed by atoms with Gasteiger partial charge in [0.25, 0.3) is 0 Å². The number of nitrogens with zero attached hydrogens (tertiary/aromatic N) is 2. The predicted molar refractivity (Wildman–Crippen MR) is 65.5 cm³/mol. The van der Waals surface area contributed by atoms with Crippen molar-refractivity contribution in [2.75, 3.05) is 0 Å². The molecule has 0 aliphatic carbocycles. The molecule has 17 heavy (non-hydrogen) atoms. The summed E-state index contributed by atoms with van der Waals surface area (Å²) < 4.78 is 18.9. The number of hydrogen-bond acceptors (Lipinski definition) is 3. The van der Waals surface area contributed by atoms with Gasteiger partial charge in [-0.15, -0.1) is 0 Å². The first-order chi connectivity index (χ1) is 8.15. The molecule has 0 N–H and O–H groups in total. The topological polar surface area (TPSA) is 35.0 Å². The Morgan fingerprint density at radius 2 is 2.12 bits per heavy atom. The van der Waals surface area contributed by atoms with Gasteiger partial charge in [0, 0.05) is 6.07 Å². The summed E-state index contributed by atoms with van der Waals surface area (Å²) in [6.07, 6.45) is 2.94. The molecule has 0 fully saturated rings. The second-order valence-electron chi connectivity index (χ2n) is 3.20. The zero-order chi connectivity index (χ0) is 12.3. The molecule has 88 valence electrons. The first-order valence-corrected chi connectivity index (χ1v) is 5.86. The van der Waals surface area contributed by atoms with Crippen LogP contribution in [0.15, 0.2) is 35.1 Å². The van der Waals surface area contributed by atoms with E-state index in [0.717, 1.165) is 0 Å². The van der Waals surface area contributed by atoms with Crippen molar-refractivity contribution >= 4 is 27.5 Å². The lowest BCUT2D eigenvalue weighted by Crippen LogP contribution is -1.99. The minimum absolute atomic E-state index is 0.214. The molecule has 2 aromatic rings. The third-order valence-corrected chi connectivity index (χ3v) is 2.79. The van der Waals surface area contributed by atoms with Crippen LogP contribution < -0.4 is 4.74 Å². The SMILES string of the molecule is Fc1cc(OCc2cnc(Cl)cn2)ccc1Br. The number of halogens is 3. The maximum absolute atomic E-state index is 13.2. The van der Waals surface area contributed by atoms with Gasteiger partial charge in [-0.25, -0.2) is 9.37 Å². The van der Waals surface area contributed by atoms with Crippen LogP contribution >= 0.6 is 27.5 Å². The molecular weight excluding hydrogens is 310 g/mol. The Bertz CT molecular complexity index is 521. The zero-order valence-electron chi connectivity index (χ0n) is 8.53. The normalized spacial score (nSPS) is 10.3. The van der Waals surface area contributed by atoms with E-state index in [9.17, 15) is 4.39 Å². The van der Waals surface area contributed by atoms with Gasteiger partial charge < -0.3 is 4.74 Å². The summed E-state index contributed by atoms with van der Waals surface area (Å²) in [4.78, 5) is 7.88. The lowest BCUT2D eigenvalue weighted by molar-refractivity contribution is 0.299. The van der Waals surface area contributed by atoms with Crippen LogP contribution in [0.3, 0.4) is 0 Å². The van der Waals surface area contributed by atoms with Gasteiger partial charge in [-0.1, -0.05) is 11.6 Å². The lowest BCUT2D eigenvalue weighted by atomic mass is 10.3. The summed E-state index contributed by atoms with van der Waals surface area (Å²) in [7, 11) is 0. The molecule has 3 nitrogen and oxygen atoms in total. The van der Waals surface area contributed by atoms with Crippen molar-refractivity contribution in [3.8, 4) is 5.75 Å². The number of benzene rings is 1. The Labute approximate surface area is 111 Å². The van der Waals surface area contributed by atoms with Gasteiger partial charge in [0.15, 0.2) is 0 Å². The molecule has 0 spiro atoms. The Kier molecular flexibility index (Phi) is 3.91. The average Bonchev–Trinajstić information content (AvgIpc) is 2.33. The highest BCUT2D eigenvalue weighted by molar-refractivity contribution is 9.10. The van der Waals surface area contributed by atoms with Gasteiger partial charge in [0.05, 0.1) is 22.6 Å².